The van der Waals surface area contributed by atoms with Crippen LogP contribution in [0.25, 0.3) is 16.7 Å². The lowest BCUT2D eigenvalue weighted by Gasteiger charge is -2.13. The van der Waals surface area contributed by atoms with Gasteiger partial charge in [-0.3, -0.25) is 18.6 Å². The summed E-state index contributed by atoms with van der Waals surface area (Å²) in [7, 11) is 3.12. The minimum atomic E-state index is -0.472. The second-order valence-corrected chi connectivity index (χ2v) is 7.10. The van der Waals surface area contributed by atoms with E-state index in [0.717, 1.165) is 11.1 Å². The van der Waals surface area contributed by atoms with Crippen molar-refractivity contribution in [3.05, 3.63) is 80.0 Å². The SMILES string of the molecule is COc1ccc(CCn2c(=O)c(C#N)cc3c(=O)n4cccc(C)c4nc32)cc1OC. The molecule has 8 nitrogen and oxygen atoms in total. The van der Waals surface area contributed by atoms with Gasteiger partial charge in [-0.25, -0.2) is 4.98 Å². The lowest BCUT2D eigenvalue weighted by molar-refractivity contribution is 0.354. The number of rotatable bonds is 5. The van der Waals surface area contributed by atoms with Crippen molar-refractivity contribution >= 4 is 16.7 Å². The molecule has 31 heavy (non-hydrogen) atoms. The van der Waals surface area contributed by atoms with Gasteiger partial charge in [0.2, 0.25) is 0 Å². The maximum Gasteiger partial charge on any atom is 0.270 e. The zero-order chi connectivity index (χ0) is 22.1. The summed E-state index contributed by atoms with van der Waals surface area (Å²) >= 11 is 0. The molecule has 156 valence electrons. The molecule has 0 bridgehead atoms. The number of hydrogen-bond donors (Lipinski definition) is 0. The Labute approximate surface area is 177 Å². The first-order chi connectivity index (χ1) is 15.0. The van der Waals surface area contributed by atoms with Crippen molar-refractivity contribution in [1.82, 2.24) is 14.0 Å². The Balaban J connectivity index is 1.89. The first-order valence-electron chi connectivity index (χ1n) is 9.65. The quantitative estimate of drug-likeness (QED) is 0.464. The van der Waals surface area contributed by atoms with E-state index < -0.39 is 5.56 Å². The van der Waals surface area contributed by atoms with Crippen LogP contribution in [0.2, 0.25) is 0 Å². The Morgan fingerprint density at radius 3 is 2.52 bits per heavy atom. The third-order valence-electron chi connectivity index (χ3n) is 5.28. The zero-order valence-electron chi connectivity index (χ0n) is 17.4. The van der Waals surface area contributed by atoms with Crippen molar-refractivity contribution in [3.8, 4) is 17.6 Å². The Kier molecular flexibility index (Phi) is 5.17. The predicted molar refractivity (Wildman–Crippen MR) is 116 cm³/mol. The van der Waals surface area contributed by atoms with Crippen molar-refractivity contribution in [1.29, 1.82) is 5.26 Å². The molecule has 8 heteroatoms. The molecule has 3 heterocycles. The van der Waals surface area contributed by atoms with E-state index in [1.54, 1.807) is 32.5 Å². The fourth-order valence-corrected chi connectivity index (χ4v) is 3.64. The summed E-state index contributed by atoms with van der Waals surface area (Å²) in [5.41, 5.74) is 1.58. The number of nitriles is 1. The molecule has 0 saturated heterocycles. The van der Waals surface area contributed by atoms with Crippen molar-refractivity contribution in [2.75, 3.05) is 14.2 Å². The van der Waals surface area contributed by atoms with Gasteiger partial charge in [0.1, 0.15) is 17.3 Å². The van der Waals surface area contributed by atoms with Gasteiger partial charge in [0.25, 0.3) is 11.1 Å². The smallest absolute Gasteiger partial charge is 0.270 e. The Hall–Kier alpha value is -4.12. The van der Waals surface area contributed by atoms with Gasteiger partial charge in [0.05, 0.1) is 19.6 Å². The van der Waals surface area contributed by atoms with Crippen LogP contribution in [0.4, 0.5) is 0 Å². The van der Waals surface area contributed by atoms with Gasteiger partial charge in [-0.1, -0.05) is 12.1 Å². The van der Waals surface area contributed by atoms with E-state index in [4.69, 9.17) is 9.47 Å². The molecule has 0 aliphatic rings. The number of nitrogens with zero attached hydrogens (tertiary/aromatic N) is 4. The van der Waals surface area contributed by atoms with Gasteiger partial charge >= 0.3 is 0 Å². The molecule has 0 radical (unpaired) electrons. The average molecular weight is 416 g/mol. The highest BCUT2D eigenvalue weighted by atomic mass is 16.5. The zero-order valence-corrected chi connectivity index (χ0v) is 17.4. The number of methoxy groups -OCH3 is 2. The lowest BCUT2D eigenvalue weighted by atomic mass is 10.1. The molecule has 0 fully saturated rings. The van der Waals surface area contributed by atoms with Crippen LogP contribution < -0.4 is 20.6 Å². The highest BCUT2D eigenvalue weighted by molar-refractivity contribution is 5.78. The van der Waals surface area contributed by atoms with E-state index in [9.17, 15) is 14.9 Å². The second-order valence-electron chi connectivity index (χ2n) is 7.10. The number of aryl methyl sites for hydroxylation is 3. The molecular formula is C23H20N4O4. The number of ether oxygens (including phenoxy) is 2. The summed E-state index contributed by atoms with van der Waals surface area (Å²) in [5.74, 6) is 1.19. The first kappa shape index (κ1) is 20.2. The molecule has 0 saturated carbocycles. The highest BCUT2D eigenvalue weighted by Crippen LogP contribution is 2.27. The van der Waals surface area contributed by atoms with E-state index in [-0.39, 0.29) is 28.7 Å². The molecule has 4 rings (SSSR count). The topological polar surface area (TPSA) is 98.6 Å². The second kappa shape index (κ2) is 7.95. The molecule has 3 aromatic heterocycles. The van der Waals surface area contributed by atoms with Crippen molar-refractivity contribution < 1.29 is 9.47 Å². The number of aromatic nitrogens is 3. The third-order valence-corrected chi connectivity index (χ3v) is 5.28. The van der Waals surface area contributed by atoms with Gasteiger partial charge in [0.15, 0.2) is 17.1 Å². The first-order valence-corrected chi connectivity index (χ1v) is 9.65. The van der Waals surface area contributed by atoms with Crippen LogP contribution in [0.1, 0.15) is 16.7 Å². The van der Waals surface area contributed by atoms with Crippen LogP contribution in [0, 0.1) is 18.3 Å². The van der Waals surface area contributed by atoms with Gasteiger partial charge in [-0.2, -0.15) is 5.26 Å². The molecular weight excluding hydrogens is 396 g/mol. The van der Waals surface area contributed by atoms with Crippen LogP contribution in [0.5, 0.6) is 11.5 Å². The normalized spacial score (nSPS) is 10.9. The lowest BCUT2D eigenvalue weighted by Crippen LogP contribution is -2.28. The largest absolute Gasteiger partial charge is 0.493 e. The number of fused-ring (bicyclic) bond motifs is 2. The highest BCUT2D eigenvalue weighted by Gasteiger charge is 2.16. The van der Waals surface area contributed by atoms with E-state index >= 15 is 0 Å². The standard InChI is InChI=1S/C23H20N4O4/c1-14-5-4-9-26-20(14)25-21-17(23(26)29)12-16(13-24)22(28)27(21)10-8-15-6-7-18(30-2)19(11-15)31-3/h4-7,9,11-12H,8,10H2,1-3H3. The van der Waals surface area contributed by atoms with Crippen molar-refractivity contribution in [2.24, 2.45) is 0 Å². The Morgan fingerprint density at radius 2 is 1.81 bits per heavy atom. The maximum absolute atomic E-state index is 13.1. The number of pyridine rings is 2. The minimum absolute atomic E-state index is 0.0914. The molecule has 0 unspecified atom stereocenters. The fraction of sp³-hybridized carbons (Fsp3) is 0.217. The van der Waals surface area contributed by atoms with Gasteiger partial charge in [0, 0.05) is 12.7 Å². The fourth-order valence-electron chi connectivity index (χ4n) is 3.64. The summed E-state index contributed by atoms with van der Waals surface area (Å²) < 4.78 is 13.4. The molecule has 0 aliphatic heterocycles. The van der Waals surface area contributed by atoms with Gasteiger partial charge in [-0.15, -0.1) is 0 Å². The van der Waals surface area contributed by atoms with Crippen LogP contribution in [-0.4, -0.2) is 28.2 Å². The van der Waals surface area contributed by atoms with E-state index in [2.05, 4.69) is 4.98 Å². The van der Waals surface area contributed by atoms with Crippen molar-refractivity contribution in [2.45, 2.75) is 19.9 Å². The average Bonchev–Trinajstić information content (AvgIpc) is 2.79. The van der Waals surface area contributed by atoms with Gasteiger partial charge in [-0.05, 0) is 48.7 Å². The molecule has 0 spiro atoms. The Morgan fingerprint density at radius 1 is 1.03 bits per heavy atom. The predicted octanol–water partition coefficient (Wildman–Crippen LogP) is 2.45. The molecule has 0 atom stereocenters. The molecule has 0 amide bonds. The maximum atomic E-state index is 13.1. The van der Waals surface area contributed by atoms with Gasteiger partial charge < -0.3 is 9.47 Å². The number of hydrogen-bond acceptors (Lipinski definition) is 6. The van der Waals surface area contributed by atoms with Crippen molar-refractivity contribution in [3.63, 3.8) is 0 Å². The Bertz CT molecular complexity index is 1480. The van der Waals surface area contributed by atoms with Crippen LogP contribution in [0.3, 0.4) is 0 Å². The minimum Gasteiger partial charge on any atom is -0.493 e. The van der Waals surface area contributed by atoms with E-state index in [0.29, 0.717) is 23.6 Å². The summed E-state index contributed by atoms with van der Waals surface area (Å²) in [4.78, 5) is 30.6. The van der Waals surface area contributed by atoms with Crippen LogP contribution in [0.15, 0.2) is 52.2 Å². The third kappa shape index (κ3) is 3.40. The van der Waals surface area contributed by atoms with E-state index in [1.807, 2.05) is 31.2 Å². The molecule has 4 aromatic rings. The summed E-state index contributed by atoms with van der Waals surface area (Å²) in [6.07, 6.45) is 2.10. The molecule has 0 aliphatic carbocycles. The van der Waals surface area contributed by atoms with Crippen LogP contribution >= 0.6 is 0 Å². The summed E-state index contributed by atoms with van der Waals surface area (Å²) in [6, 6.07) is 12.3. The number of benzene rings is 1. The summed E-state index contributed by atoms with van der Waals surface area (Å²) in [6.45, 7) is 2.10. The summed E-state index contributed by atoms with van der Waals surface area (Å²) in [5, 5.41) is 9.67. The molecule has 0 N–H and O–H groups in total. The monoisotopic (exact) mass is 416 g/mol. The molecule has 1 aromatic carbocycles. The van der Waals surface area contributed by atoms with Crippen LogP contribution in [-0.2, 0) is 13.0 Å². The van der Waals surface area contributed by atoms with E-state index in [1.165, 1.54) is 15.0 Å².